The molecule has 3 atom stereocenters. The van der Waals surface area contributed by atoms with Crippen molar-refractivity contribution in [2.75, 3.05) is 34.5 Å². The molecule has 0 heterocycles. The molecule has 0 unspecified atom stereocenters. The highest BCUT2D eigenvalue weighted by atomic mass is 16.7. The zero-order valence-corrected chi connectivity index (χ0v) is 9.21. The largest absolute Gasteiger partial charge is 0.394 e. The smallest absolute Gasteiger partial charge is 0.181 e. The first-order chi connectivity index (χ1) is 7.23. The Morgan fingerprint density at radius 1 is 1.27 bits per heavy atom. The molecule has 0 radical (unpaired) electrons. The topological polar surface area (TPSA) is 74.2 Å². The van der Waals surface area contributed by atoms with Crippen LogP contribution in [-0.2, 0) is 23.7 Å². The third-order valence-corrected chi connectivity index (χ3v) is 1.86. The monoisotopic (exact) mass is 222 g/mol. The van der Waals surface area contributed by atoms with Crippen LogP contribution in [0.3, 0.4) is 0 Å². The van der Waals surface area contributed by atoms with E-state index in [0.717, 1.165) is 0 Å². The molecule has 0 aliphatic rings. The molecule has 0 rings (SSSR count). The zero-order chi connectivity index (χ0) is 11.7. The third kappa shape index (κ3) is 5.19. The zero-order valence-electron chi connectivity index (χ0n) is 9.21. The summed E-state index contributed by atoms with van der Waals surface area (Å²) < 4.78 is 19.8. The van der Waals surface area contributed by atoms with Crippen LogP contribution >= 0.6 is 0 Å². The van der Waals surface area contributed by atoms with Crippen LogP contribution in [0.25, 0.3) is 0 Å². The lowest BCUT2D eigenvalue weighted by atomic mass is 10.2. The highest BCUT2D eigenvalue weighted by molar-refractivity contribution is 5.57. The van der Waals surface area contributed by atoms with Gasteiger partial charge in [0.15, 0.2) is 12.6 Å². The summed E-state index contributed by atoms with van der Waals surface area (Å²) in [6, 6.07) is 0. The van der Waals surface area contributed by atoms with Crippen LogP contribution in [0.5, 0.6) is 0 Å². The highest BCUT2D eigenvalue weighted by Crippen LogP contribution is 2.05. The predicted octanol–water partition coefficient (Wildman–Crippen LogP) is -0.803. The molecule has 0 aromatic rings. The first kappa shape index (κ1) is 14.5. The number of hydrogen-bond donors (Lipinski definition) is 1. The lowest BCUT2D eigenvalue weighted by Crippen LogP contribution is -2.39. The Morgan fingerprint density at radius 2 is 1.93 bits per heavy atom. The van der Waals surface area contributed by atoms with E-state index in [1.807, 2.05) is 0 Å². The lowest BCUT2D eigenvalue weighted by molar-refractivity contribution is -0.200. The fourth-order valence-electron chi connectivity index (χ4n) is 0.994. The van der Waals surface area contributed by atoms with Crippen molar-refractivity contribution in [2.45, 2.75) is 18.5 Å². The average molecular weight is 222 g/mol. The summed E-state index contributed by atoms with van der Waals surface area (Å²) in [5.74, 6) is 0. The maximum Gasteiger partial charge on any atom is 0.181 e. The summed E-state index contributed by atoms with van der Waals surface area (Å²) in [5.41, 5.74) is 0. The second-order valence-electron chi connectivity index (χ2n) is 2.81. The molecule has 0 amide bonds. The van der Waals surface area contributed by atoms with Crippen molar-refractivity contribution < 1.29 is 28.8 Å². The maximum absolute atomic E-state index is 10.7. The minimum absolute atomic E-state index is 0.197. The third-order valence-electron chi connectivity index (χ3n) is 1.86. The minimum atomic E-state index is -0.875. The van der Waals surface area contributed by atoms with Gasteiger partial charge in [0.1, 0.15) is 12.2 Å². The van der Waals surface area contributed by atoms with E-state index < -0.39 is 18.5 Å². The molecule has 0 bridgehead atoms. The van der Waals surface area contributed by atoms with Crippen molar-refractivity contribution in [3.63, 3.8) is 0 Å². The molecule has 0 saturated heterocycles. The van der Waals surface area contributed by atoms with Crippen LogP contribution in [0.4, 0.5) is 0 Å². The molecule has 0 aromatic carbocycles. The summed E-state index contributed by atoms with van der Waals surface area (Å²) in [6.07, 6.45) is -1.67. The SMILES string of the molecule is COC[C@@H](OC)O[C@H](C=O)[C@@H](CO)OC. The molecule has 0 aromatic heterocycles. The van der Waals surface area contributed by atoms with E-state index in [1.54, 1.807) is 0 Å². The number of ether oxygens (including phenoxy) is 4. The molecule has 0 aliphatic heterocycles. The van der Waals surface area contributed by atoms with Gasteiger partial charge >= 0.3 is 0 Å². The van der Waals surface area contributed by atoms with Gasteiger partial charge in [-0.05, 0) is 0 Å². The Morgan fingerprint density at radius 3 is 2.27 bits per heavy atom. The summed E-state index contributed by atoms with van der Waals surface area (Å²) in [4.78, 5) is 10.7. The normalized spacial score (nSPS) is 17.1. The number of carbonyl (C=O) groups excluding carboxylic acids is 1. The Kier molecular flexibility index (Phi) is 8.44. The summed E-state index contributed by atoms with van der Waals surface area (Å²) in [5, 5.41) is 8.91. The molecule has 15 heavy (non-hydrogen) atoms. The number of aliphatic hydroxyl groups excluding tert-OH is 1. The lowest BCUT2D eigenvalue weighted by Gasteiger charge is -2.24. The van der Waals surface area contributed by atoms with E-state index >= 15 is 0 Å². The Bertz CT molecular complexity index is 159. The Hall–Kier alpha value is -0.530. The van der Waals surface area contributed by atoms with E-state index in [2.05, 4.69) is 0 Å². The first-order valence-electron chi connectivity index (χ1n) is 4.49. The van der Waals surface area contributed by atoms with Gasteiger partial charge in [-0.2, -0.15) is 0 Å². The van der Waals surface area contributed by atoms with Crippen molar-refractivity contribution in [3.8, 4) is 0 Å². The molecule has 0 spiro atoms. The van der Waals surface area contributed by atoms with Crippen LogP contribution in [-0.4, -0.2) is 64.4 Å². The van der Waals surface area contributed by atoms with Crippen molar-refractivity contribution in [2.24, 2.45) is 0 Å². The molecule has 6 heteroatoms. The van der Waals surface area contributed by atoms with E-state index in [1.165, 1.54) is 21.3 Å². The molecule has 90 valence electrons. The van der Waals surface area contributed by atoms with Gasteiger partial charge in [-0.1, -0.05) is 0 Å². The predicted molar refractivity (Wildman–Crippen MR) is 51.5 cm³/mol. The van der Waals surface area contributed by atoms with Gasteiger partial charge in [0.25, 0.3) is 0 Å². The second-order valence-corrected chi connectivity index (χ2v) is 2.81. The average Bonchev–Trinajstić information content (AvgIpc) is 2.27. The molecule has 1 N–H and O–H groups in total. The summed E-state index contributed by atoms with van der Waals surface area (Å²) >= 11 is 0. The van der Waals surface area contributed by atoms with Crippen molar-refractivity contribution in [1.82, 2.24) is 0 Å². The van der Waals surface area contributed by atoms with Crippen LogP contribution in [0.1, 0.15) is 0 Å². The number of aliphatic hydroxyl groups is 1. The Labute approximate surface area is 89.1 Å². The summed E-state index contributed by atoms with van der Waals surface area (Å²) in [6.45, 7) is -0.105. The van der Waals surface area contributed by atoms with E-state index in [-0.39, 0.29) is 13.2 Å². The standard InChI is InChI=1S/C9H18O6/c1-12-6-9(14-3)15-8(5-11)7(4-10)13-2/h5,7-10H,4,6H2,1-3H3/t7-,8-,9+/m1/s1. The van der Waals surface area contributed by atoms with Gasteiger partial charge in [0, 0.05) is 21.3 Å². The van der Waals surface area contributed by atoms with Crippen molar-refractivity contribution in [3.05, 3.63) is 0 Å². The number of carbonyl (C=O) groups is 1. The van der Waals surface area contributed by atoms with Gasteiger partial charge in [0.2, 0.25) is 0 Å². The first-order valence-corrected chi connectivity index (χ1v) is 4.49. The van der Waals surface area contributed by atoms with E-state index in [9.17, 15) is 4.79 Å². The van der Waals surface area contributed by atoms with Gasteiger partial charge in [-0.3, -0.25) is 0 Å². The maximum atomic E-state index is 10.7. The van der Waals surface area contributed by atoms with Crippen LogP contribution in [0, 0.1) is 0 Å². The van der Waals surface area contributed by atoms with Gasteiger partial charge in [0.05, 0.1) is 13.2 Å². The van der Waals surface area contributed by atoms with Crippen molar-refractivity contribution >= 4 is 6.29 Å². The molecule has 0 fully saturated rings. The number of rotatable bonds is 9. The van der Waals surface area contributed by atoms with Gasteiger partial charge in [-0.25, -0.2) is 0 Å². The van der Waals surface area contributed by atoms with Crippen molar-refractivity contribution in [1.29, 1.82) is 0 Å². The Balaban J connectivity index is 4.21. The molecule has 0 aliphatic carbocycles. The number of hydrogen-bond acceptors (Lipinski definition) is 6. The highest BCUT2D eigenvalue weighted by Gasteiger charge is 2.24. The quantitative estimate of drug-likeness (QED) is 0.406. The van der Waals surface area contributed by atoms with E-state index in [0.29, 0.717) is 6.29 Å². The van der Waals surface area contributed by atoms with Gasteiger partial charge in [-0.15, -0.1) is 0 Å². The second kappa shape index (κ2) is 8.75. The molecule has 6 nitrogen and oxygen atoms in total. The van der Waals surface area contributed by atoms with Crippen LogP contribution in [0.2, 0.25) is 0 Å². The summed E-state index contributed by atoms with van der Waals surface area (Å²) in [7, 11) is 4.32. The molecular formula is C9H18O6. The minimum Gasteiger partial charge on any atom is -0.394 e. The fourth-order valence-corrected chi connectivity index (χ4v) is 0.994. The van der Waals surface area contributed by atoms with Crippen LogP contribution in [0.15, 0.2) is 0 Å². The molecular weight excluding hydrogens is 204 g/mol. The van der Waals surface area contributed by atoms with E-state index in [4.69, 9.17) is 24.1 Å². The number of methoxy groups -OCH3 is 3. The number of aldehydes is 1. The van der Waals surface area contributed by atoms with Crippen LogP contribution < -0.4 is 0 Å². The fraction of sp³-hybridized carbons (Fsp3) is 0.889. The molecule has 0 saturated carbocycles. The van der Waals surface area contributed by atoms with Gasteiger partial charge < -0.3 is 28.8 Å².